The Balaban J connectivity index is 1.72. The molecule has 0 aliphatic carbocycles. The molecule has 0 saturated carbocycles. The van der Waals surface area contributed by atoms with Crippen LogP contribution < -0.4 is 5.48 Å². The van der Waals surface area contributed by atoms with Gasteiger partial charge in [-0.05, 0) is 30.2 Å². The highest BCUT2D eigenvalue weighted by Gasteiger charge is 2.23. The van der Waals surface area contributed by atoms with E-state index in [-0.39, 0.29) is 17.2 Å². The number of hydroxylamine groups is 1. The summed E-state index contributed by atoms with van der Waals surface area (Å²) in [5.74, 6) is 0.522. The normalized spacial score (nSPS) is 11.9. The number of imidazole rings is 1. The smallest absolute Gasteiger partial charge is 0.243 e. The van der Waals surface area contributed by atoms with Gasteiger partial charge in [0.15, 0.2) is 0 Å². The van der Waals surface area contributed by atoms with Gasteiger partial charge in [0, 0.05) is 32.5 Å². The minimum atomic E-state index is -3.56. The number of aryl methyl sites for hydroxylation is 2. The second kappa shape index (κ2) is 11.4. The van der Waals surface area contributed by atoms with Gasteiger partial charge < -0.3 is 4.57 Å². The number of hydrogen-bond donors (Lipinski definition) is 1. The predicted octanol–water partition coefficient (Wildman–Crippen LogP) is 3.66. The molecule has 0 unspecified atom stereocenters. The van der Waals surface area contributed by atoms with Crippen LogP contribution in [-0.4, -0.2) is 41.3 Å². The van der Waals surface area contributed by atoms with Gasteiger partial charge in [-0.25, -0.2) is 18.9 Å². The van der Waals surface area contributed by atoms with Crippen LogP contribution in [0.2, 0.25) is 0 Å². The number of nitrogens with zero attached hydrogens (tertiary/aromatic N) is 3. The van der Waals surface area contributed by atoms with Crippen molar-refractivity contribution in [3.63, 3.8) is 0 Å². The van der Waals surface area contributed by atoms with E-state index in [0.717, 1.165) is 29.9 Å². The molecule has 0 saturated heterocycles. The monoisotopic (exact) mass is 472 g/mol. The van der Waals surface area contributed by atoms with Crippen LogP contribution in [0.15, 0.2) is 53.4 Å². The van der Waals surface area contributed by atoms with Crippen molar-refractivity contribution in [2.75, 3.05) is 13.1 Å². The molecule has 0 spiro atoms. The van der Waals surface area contributed by atoms with Crippen molar-refractivity contribution >= 4 is 27.0 Å². The maximum absolute atomic E-state index is 12.9. The largest absolute Gasteiger partial charge is 0.328 e. The fourth-order valence-corrected chi connectivity index (χ4v) is 5.23. The zero-order chi connectivity index (χ0) is 23.8. The van der Waals surface area contributed by atoms with Gasteiger partial charge in [0.25, 0.3) is 0 Å². The number of nitrogens with one attached hydrogen (secondary N) is 1. The summed E-state index contributed by atoms with van der Waals surface area (Å²) in [4.78, 5) is 22.5. The van der Waals surface area contributed by atoms with E-state index in [1.165, 1.54) is 4.31 Å². The minimum absolute atomic E-state index is 0.215. The first kappa shape index (κ1) is 24.9. The van der Waals surface area contributed by atoms with Crippen molar-refractivity contribution < 1.29 is 18.0 Å². The van der Waals surface area contributed by atoms with Crippen LogP contribution in [0.4, 0.5) is 0 Å². The van der Waals surface area contributed by atoms with Crippen LogP contribution in [0.5, 0.6) is 0 Å². The number of benzene rings is 2. The second-order valence-electron chi connectivity index (χ2n) is 7.72. The average Bonchev–Trinajstić information content (AvgIpc) is 3.16. The standard InChI is InChI=1S/C24H32N4O4S/c1-4-16-28-22-13-12-20(33(30,31)27(5-2)6-3)17-21(22)25-23(28)14-15-24(29)26-32-18-19-10-8-7-9-11-19/h7-13,17H,4-6,14-16,18H2,1-3H3,(H,26,29). The van der Waals surface area contributed by atoms with E-state index in [2.05, 4.69) is 22.0 Å². The van der Waals surface area contributed by atoms with Crippen molar-refractivity contribution in [1.29, 1.82) is 0 Å². The van der Waals surface area contributed by atoms with Gasteiger partial charge in [-0.1, -0.05) is 51.1 Å². The molecular formula is C24H32N4O4S. The molecule has 1 N–H and O–H groups in total. The van der Waals surface area contributed by atoms with E-state index in [1.807, 2.05) is 44.2 Å². The van der Waals surface area contributed by atoms with Crippen LogP contribution in [0.1, 0.15) is 45.0 Å². The van der Waals surface area contributed by atoms with E-state index in [1.54, 1.807) is 18.2 Å². The zero-order valence-corrected chi connectivity index (χ0v) is 20.3. The Kier molecular flexibility index (Phi) is 8.60. The van der Waals surface area contributed by atoms with Gasteiger partial charge in [-0.3, -0.25) is 9.63 Å². The first-order valence-corrected chi connectivity index (χ1v) is 12.8. The van der Waals surface area contributed by atoms with E-state index < -0.39 is 10.0 Å². The Morgan fingerprint density at radius 1 is 1.09 bits per heavy atom. The highest BCUT2D eigenvalue weighted by atomic mass is 32.2. The van der Waals surface area contributed by atoms with Gasteiger partial charge in [0.2, 0.25) is 15.9 Å². The lowest BCUT2D eigenvalue weighted by Gasteiger charge is -2.18. The third-order valence-corrected chi connectivity index (χ3v) is 7.48. The van der Waals surface area contributed by atoms with Crippen LogP contribution in [0, 0.1) is 0 Å². The van der Waals surface area contributed by atoms with E-state index in [4.69, 9.17) is 4.84 Å². The maximum atomic E-state index is 12.9. The molecule has 9 heteroatoms. The summed E-state index contributed by atoms with van der Waals surface area (Å²) in [5.41, 5.74) is 4.94. The highest BCUT2D eigenvalue weighted by Crippen LogP contribution is 2.24. The number of hydrogen-bond acceptors (Lipinski definition) is 5. The highest BCUT2D eigenvalue weighted by molar-refractivity contribution is 7.89. The molecule has 0 aliphatic rings. The molecule has 178 valence electrons. The minimum Gasteiger partial charge on any atom is -0.328 e. The Bertz CT molecular complexity index is 1170. The summed E-state index contributed by atoms with van der Waals surface area (Å²) < 4.78 is 29.3. The topological polar surface area (TPSA) is 93.5 Å². The van der Waals surface area contributed by atoms with Gasteiger partial charge in [0.1, 0.15) is 5.82 Å². The van der Waals surface area contributed by atoms with E-state index in [9.17, 15) is 13.2 Å². The number of carbonyl (C=O) groups is 1. The van der Waals surface area contributed by atoms with Crippen molar-refractivity contribution in [3.8, 4) is 0 Å². The van der Waals surface area contributed by atoms with Gasteiger partial charge in [-0.15, -0.1) is 0 Å². The third-order valence-electron chi connectivity index (χ3n) is 5.43. The number of carbonyl (C=O) groups excluding carboxylic acids is 1. The van der Waals surface area contributed by atoms with E-state index >= 15 is 0 Å². The summed E-state index contributed by atoms with van der Waals surface area (Å²) in [7, 11) is -3.56. The van der Waals surface area contributed by atoms with Crippen molar-refractivity contribution in [2.24, 2.45) is 0 Å². The number of rotatable bonds is 12. The molecular weight excluding hydrogens is 440 g/mol. The number of sulfonamides is 1. The summed E-state index contributed by atoms with van der Waals surface area (Å²) >= 11 is 0. The second-order valence-corrected chi connectivity index (χ2v) is 9.66. The van der Waals surface area contributed by atoms with Crippen LogP contribution in [-0.2, 0) is 39.2 Å². The van der Waals surface area contributed by atoms with Crippen LogP contribution in [0.3, 0.4) is 0 Å². The molecule has 0 radical (unpaired) electrons. The molecule has 3 aromatic rings. The molecule has 1 heterocycles. The molecule has 0 fully saturated rings. The quantitative estimate of drug-likeness (QED) is 0.406. The fraction of sp³-hybridized carbons (Fsp3) is 0.417. The molecule has 1 amide bonds. The Morgan fingerprint density at radius 2 is 1.82 bits per heavy atom. The SMILES string of the molecule is CCCn1c(CCC(=O)NOCc2ccccc2)nc2cc(S(=O)(=O)N(CC)CC)ccc21. The van der Waals surface area contributed by atoms with Crippen molar-refractivity contribution in [3.05, 3.63) is 59.9 Å². The van der Waals surface area contributed by atoms with Crippen molar-refractivity contribution in [2.45, 2.75) is 58.1 Å². The molecule has 3 rings (SSSR count). The predicted molar refractivity (Wildman–Crippen MR) is 128 cm³/mol. The lowest BCUT2D eigenvalue weighted by molar-refractivity contribution is -0.134. The number of aromatic nitrogens is 2. The summed E-state index contributed by atoms with van der Waals surface area (Å²) in [6, 6.07) is 14.7. The van der Waals surface area contributed by atoms with Gasteiger partial charge in [0.05, 0.1) is 22.5 Å². The molecule has 1 aromatic heterocycles. The molecule has 0 bridgehead atoms. The van der Waals surface area contributed by atoms with E-state index in [0.29, 0.717) is 31.6 Å². The van der Waals surface area contributed by atoms with Crippen LogP contribution >= 0.6 is 0 Å². The Morgan fingerprint density at radius 3 is 2.48 bits per heavy atom. The molecule has 0 atom stereocenters. The Hall–Kier alpha value is -2.75. The summed E-state index contributed by atoms with van der Waals surface area (Å²) in [6.07, 6.45) is 1.53. The lowest BCUT2D eigenvalue weighted by atomic mass is 10.2. The molecule has 2 aromatic carbocycles. The van der Waals surface area contributed by atoms with Gasteiger partial charge >= 0.3 is 0 Å². The first-order chi connectivity index (χ1) is 15.9. The average molecular weight is 473 g/mol. The third kappa shape index (κ3) is 5.98. The molecule has 8 nitrogen and oxygen atoms in total. The Labute approximate surface area is 195 Å². The molecule has 33 heavy (non-hydrogen) atoms. The number of fused-ring (bicyclic) bond motifs is 1. The van der Waals surface area contributed by atoms with Crippen molar-refractivity contribution in [1.82, 2.24) is 19.3 Å². The first-order valence-electron chi connectivity index (χ1n) is 11.3. The lowest BCUT2D eigenvalue weighted by Crippen LogP contribution is -2.30. The summed E-state index contributed by atoms with van der Waals surface area (Å²) in [5, 5.41) is 0. The fourth-order valence-electron chi connectivity index (χ4n) is 3.75. The van der Waals surface area contributed by atoms with Crippen LogP contribution in [0.25, 0.3) is 11.0 Å². The maximum Gasteiger partial charge on any atom is 0.243 e. The molecule has 0 aliphatic heterocycles. The zero-order valence-electron chi connectivity index (χ0n) is 19.5. The van der Waals surface area contributed by atoms with Gasteiger partial charge in [-0.2, -0.15) is 4.31 Å². The summed E-state index contributed by atoms with van der Waals surface area (Å²) in [6.45, 7) is 7.57. The number of amides is 1.